The van der Waals surface area contributed by atoms with Gasteiger partial charge >= 0.3 is 0 Å². The van der Waals surface area contributed by atoms with Gasteiger partial charge in [0.25, 0.3) is 0 Å². The molecule has 1 fully saturated rings. The fourth-order valence-corrected chi connectivity index (χ4v) is 2.12. The maximum atomic E-state index is 6.03. The Morgan fingerprint density at radius 3 is 2.74 bits per heavy atom. The molecule has 19 heavy (non-hydrogen) atoms. The van der Waals surface area contributed by atoms with E-state index in [9.17, 15) is 0 Å². The molecule has 0 amide bonds. The summed E-state index contributed by atoms with van der Waals surface area (Å²) < 4.78 is 11.0. The van der Waals surface area contributed by atoms with Crippen LogP contribution < -0.4 is 10.5 Å². The zero-order valence-electron chi connectivity index (χ0n) is 11.3. The largest absolute Gasteiger partial charge is 0.492 e. The molecule has 100 valence electrons. The first-order valence-electron chi connectivity index (χ1n) is 6.60. The van der Waals surface area contributed by atoms with E-state index in [1.165, 1.54) is 18.4 Å². The highest BCUT2D eigenvalue weighted by atomic mass is 16.5. The normalized spacial score (nSPS) is 14.6. The lowest BCUT2D eigenvalue weighted by molar-refractivity contribution is 0.299. The van der Waals surface area contributed by atoms with E-state index in [4.69, 9.17) is 15.0 Å². The number of rotatable bonds is 4. The van der Waals surface area contributed by atoms with Gasteiger partial charge in [0, 0.05) is 5.56 Å². The van der Waals surface area contributed by atoms with E-state index in [-0.39, 0.29) is 0 Å². The summed E-state index contributed by atoms with van der Waals surface area (Å²) in [6, 6.07) is 4.09. The van der Waals surface area contributed by atoms with Gasteiger partial charge in [0.2, 0.25) is 5.88 Å². The summed E-state index contributed by atoms with van der Waals surface area (Å²) in [5, 5.41) is 3.74. The summed E-state index contributed by atoms with van der Waals surface area (Å²) in [7, 11) is 0. The molecule has 2 N–H and O–H groups in total. The second-order valence-electron chi connectivity index (χ2n) is 5.24. The third-order valence-electron chi connectivity index (χ3n) is 3.73. The van der Waals surface area contributed by atoms with Crippen molar-refractivity contribution in [2.24, 2.45) is 5.92 Å². The minimum atomic E-state index is 0.333. The van der Waals surface area contributed by atoms with Crippen molar-refractivity contribution in [3.05, 3.63) is 29.5 Å². The predicted octanol–water partition coefficient (Wildman–Crippen LogP) is 3.33. The zero-order chi connectivity index (χ0) is 13.4. The Morgan fingerprint density at radius 1 is 1.32 bits per heavy atom. The van der Waals surface area contributed by atoms with Crippen LogP contribution in [0.1, 0.15) is 24.0 Å². The van der Waals surface area contributed by atoms with E-state index in [1.54, 1.807) is 6.20 Å². The van der Waals surface area contributed by atoms with Crippen molar-refractivity contribution < 1.29 is 9.26 Å². The van der Waals surface area contributed by atoms with E-state index in [0.717, 1.165) is 29.0 Å². The van der Waals surface area contributed by atoms with Crippen molar-refractivity contribution in [3.8, 4) is 16.9 Å². The number of nitrogens with zero attached hydrogens (tertiary/aromatic N) is 1. The van der Waals surface area contributed by atoms with Crippen molar-refractivity contribution in [2.75, 3.05) is 12.3 Å². The summed E-state index contributed by atoms with van der Waals surface area (Å²) in [5.74, 6) is 1.95. The highest BCUT2D eigenvalue weighted by molar-refractivity contribution is 5.78. The lowest BCUT2D eigenvalue weighted by atomic mass is 10.0. The molecule has 1 saturated carbocycles. The number of nitrogens with two attached hydrogens (primary N) is 1. The lowest BCUT2D eigenvalue weighted by Gasteiger charge is -2.15. The summed E-state index contributed by atoms with van der Waals surface area (Å²) in [6.07, 6.45) is 4.19. The minimum Gasteiger partial charge on any atom is -0.492 e. The highest BCUT2D eigenvalue weighted by Crippen LogP contribution is 2.39. The fraction of sp³-hybridized carbons (Fsp3) is 0.400. The molecule has 0 atom stereocenters. The van der Waals surface area contributed by atoms with Gasteiger partial charge in [0.15, 0.2) is 0 Å². The maximum Gasteiger partial charge on any atom is 0.230 e. The fourth-order valence-electron chi connectivity index (χ4n) is 2.12. The molecule has 2 aromatic rings. The smallest absolute Gasteiger partial charge is 0.230 e. The summed E-state index contributed by atoms with van der Waals surface area (Å²) in [5.41, 5.74) is 9.94. The first-order chi connectivity index (χ1) is 9.16. The van der Waals surface area contributed by atoms with Gasteiger partial charge < -0.3 is 15.0 Å². The van der Waals surface area contributed by atoms with Crippen LogP contribution in [0.2, 0.25) is 0 Å². The van der Waals surface area contributed by atoms with Crippen LogP contribution in [0.4, 0.5) is 5.88 Å². The number of aromatic nitrogens is 1. The predicted molar refractivity (Wildman–Crippen MR) is 74.0 cm³/mol. The quantitative estimate of drug-likeness (QED) is 0.913. The van der Waals surface area contributed by atoms with E-state index in [0.29, 0.717) is 11.8 Å². The van der Waals surface area contributed by atoms with Crippen LogP contribution in [-0.2, 0) is 0 Å². The van der Waals surface area contributed by atoms with Crippen molar-refractivity contribution in [1.29, 1.82) is 0 Å². The number of anilines is 1. The van der Waals surface area contributed by atoms with Gasteiger partial charge in [0.05, 0.1) is 18.4 Å². The standard InChI is InChI=1S/C15H18N2O2/c1-9-3-6-12(13-7-17-19-15(13)16)14(10(9)2)18-8-11-4-5-11/h3,6-7,11H,4-5,8,16H2,1-2H3. The molecule has 4 heteroatoms. The third-order valence-corrected chi connectivity index (χ3v) is 3.73. The second kappa shape index (κ2) is 4.61. The zero-order valence-corrected chi connectivity index (χ0v) is 11.3. The monoisotopic (exact) mass is 258 g/mol. The summed E-state index contributed by atoms with van der Waals surface area (Å²) >= 11 is 0. The van der Waals surface area contributed by atoms with Gasteiger partial charge in [0.1, 0.15) is 5.75 Å². The molecule has 3 rings (SSSR count). The number of hydrogen-bond acceptors (Lipinski definition) is 4. The molecule has 1 aliphatic carbocycles. The number of ether oxygens (including phenoxy) is 1. The second-order valence-corrected chi connectivity index (χ2v) is 5.24. The highest BCUT2D eigenvalue weighted by Gasteiger charge is 2.24. The van der Waals surface area contributed by atoms with Gasteiger partial charge in [-0.25, -0.2) is 0 Å². The van der Waals surface area contributed by atoms with Crippen molar-refractivity contribution in [2.45, 2.75) is 26.7 Å². The maximum absolute atomic E-state index is 6.03. The van der Waals surface area contributed by atoms with Crippen LogP contribution in [0.25, 0.3) is 11.1 Å². The Bertz CT molecular complexity index is 600. The Kier molecular flexibility index (Phi) is 2.93. The van der Waals surface area contributed by atoms with Crippen LogP contribution in [0.3, 0.4) is 0 Å². The van der Waals surface area contributed by atoms with E-state index in [1.807, 2.05) is 6.07 Å². The molecule has 0 saturated heterocycles. The molecular formula is C15H18N2O2. The summed E-state index contributed by atoms with van der Waals surface area (Å²) in [4.78, 5) is 0. The minimum absolute atomic E-state index is 0.333. The Labute approximate surface area is 112 Å². The lowest BCUT2D eigenvalue weighted by Crippen LogP contribution is -2.03. The van der Waals surface area contributed by atoms with Crippen LogP contribution in [0.5, 0.6) is 5.75 Å². The molecule has 1 aliphatic rings. The number of hydrogen-bond donors (Lipinski definition) is 1. The molecule has 0 bridgehead atoms. The Hall–Kier alpha value is -1.97. The van der Waals surface area contributed by atoms with Gasteiger partial charge in [-0.15, -0.1) is 0 Å². The molecule has 0 unspecified atom stereocenters. The molecule has 0 radical (unpaired) electrons. The first kappa shape index (κ1) is 12.1. The van der Waals surface area contributed by atoms with Crippen LogP contribution in [0, 0.1) is 19.8 Å². The topological polar surface area (TPSA) is 61.3 Å². The van der Waals surface area contributed by atoms with Crippen LogP contribution in [-0.4, -0.2) is 11.8 Å². The molecule has 1 aromatic heterocycles. The van der Waals surface area contributed by atoms with Gasteiger partial charge in [-0.05, 0) is 43.7 Å². The average molecular weight is 258 g/mol. The van der Waals surface area contributed by atoms with E-state index in [2.05, 4.69) is 25.1 Å². The van der Waals surface area contributed by atoms with Gasteiger partial charge in [-0.1, -0.05) is 17.3 Å². The molecular weight excluding hydrogens is 240 g/mol. The van der Waals surface area contributed by atoms with Gasteiger partial charge in [-0.3, -0.25) is 0 Å². The Balaban J connectivity index is 2.02. The Morgan fingerprint density at radius 2 is 2.11 bits per heavy atom. The SMILES string of the molecule is Cc1ccc(-c2cnoc2N)c(OCC2CC2)c1C. The van der Waals surface area contributed by atoms with Crippen LogP contribution in [0.15, 0.2) is 22.9 Å². The third kappa shape index (κ3) is 2.30. The van der Waals surface area contributed by atoms with E-state index < -0.39 is 0 Å². The molecule has 0 aliphatic heterocycles. The molecule has 1 heterocycles. The van der Waals surface area contributed by atoms with Crippen LogP contribution >= 0.6 is 0 Å². The first-order valence-corrected chi connectivity index (χ1v) is 6.60. The number of benzene rings is 1. The average Bonchev–Trinajstić information content (AvgIpc) is 3.13. The van der Waals surface area contributed by atoms with Gasteiger partial charge in [-0.2, -0.15) is 0 Å². The molecule has 4 nitrogen and oxygen atoms in total. The van der Waals surface area contributed by atoms with Crippen molar-refractivity contribution >= 4 is 5.88 Å². The van der Waals surface area contributed by atoms with E-state index >= 15 is 0 Å². The molecule has 0 spiro atoms. The molecule has 1 aromatic carbocycles. The van der Waals surface area contributed by atoms with Crippen molar-refractivity contribution in [3.63, 3.8) is 0 Å². The number of aryl methyl sites for hydroxylation is 1. The van der Waals surface area contributed by atoms with Crippen molar-refractivity contribution in [1.82, 2.24) is 5.16 Å². The number of nitrogen functional groups attached to an aromatic ring is 1. The summed E-state index contributed by atoms with van der Waals surface area (Å²) in [6.45, 7) is 4.94.